The van der Waals surface area contributed by atoms with Gasteiger partial charge < -0.3 is 24.4 Å². The number of likely N-dealkylation sites (tertiary alicyclic amines) is 2. The number of nitrogens with zero attached hydrogens (tertiary/aromatic N) is 4. The van der Waals surface area contributed by atoms with Gasteiger partial charge in [0, 0.05) is 63.2 Å². The van der Waals surface area contributed by atoms with Crippen LogP contribution in [0, 0.1) is 5.92 Å². The fourth-order valence-electron chi connectivity index (χ4n) is 9.59. The van der Waals surface area contributed by atoms with Gasteiger partial charge >= 0.3 is 16.2 Å². The van der Waals surface area contributed by atoms with E-state index >= 15 is 4.79 Å². The lowest BCUT2D eigenvalue weighted by Gasteiger charge is -2.36. The Morgan fingerprint density at radius 2 is 1.76 bits per heavy atom. The smallest absolute Gasteiger partial charge is 0.317 e. The number of fused-ring (bicyclic) bond motifs is 9. The molecule has 4 fully saturated rings. The van der Waals surface area contributed by atoms with Crippen molar-refractivity contribution in [3.63, 3.8) is 0 Å². The van der Waals surface area contributed by atoms with Crippen LogP contribution in [0.3, 0.4) is 0 Å². The summed E-state index contributed by atoms with van der Waals surface area (Å²) < 4.78 is 36.4. The zero-order valence-corrected chi connectivity index (χ0v) is 30.0. The Balaban J connectivity index is 1.31. The topological polar surface area (TPSA) is 133 Å². The molecule has 4 heterocycles. The first-order valence-electron chi connectivity index (χ1n) is 17.9. The summed E-state index contributed by atoms with van der Waals surface area (Å²) in [6.45, 7) is 1.75. The number of aromatic nitrogens is 1. The Bertz CT molecular complexity index is 2020. The molecular formula is C37H46N6O6S. The van der Waals surface area contributed by atoms with Gasteiger partial charge in [0.2, 0.25) is 5.91 Å². The van der Waals surface area contributed by atoms with Gasteiger partial charge in [-0.05, 0) is 85.4 Å². The number of hydrogen-bond donors (Lipinski definition) is 2. The van der Waals surface area contributed by atoms with Crippen molar-refractivity contribution >= 4 is 39.0 Å². The Labute approximate surface area is 293 Å². The molecule has 5 aliphatic rings. The fourth-order valence-corrected chi connectivity index (χ4v) is 10.1. The van der Waals surface area contributed by atoms with Crippen molar-refractivity contribution in [3.8, 4) is 17.0 Å². The highest BCUT2D eigenvalue weighted by atomic mass is 32.2. The molecule has 2 aromatic carbocycles. The molecule has 12 nitrogen and oxygen atoms in total. The van der Waals surface area contributed by atoms with Crippen LogP contribution in [0.5, 0.6) is 5.75 Å². The van der Waals surface area contributed by atoms with Crippen molar-refractivity contribution in [2.45, 2.75) is 74.8 Å². The molecule has 0 spiro atoms. The minimum Gasteiger partial charge on any atom is -0.497 e. The van der Waals surface area contributed by atoms with E-state index in [-0.39, 0.29) is 41.3 Å². The number of amides is 4. The predicted molar refractivity (Wildman–Crippen MR) is 189 cm³/mol. The molecule has 4 amide bonds. The molecule has 2 N–H and O–H groups in total. The monoisotopic (exact) mass is 702 g/mol. The van der Waals surface area contributed by atoms with Crippen molar-refractivity contribution in [1.29, 1.82) is 0 Å². The molecule has 266 valence electrons. The SMILES string of the molecule is CNC(=O)N1CCCC2CN(C(=O)C34CC3c3cc(OC)ccc3-c3c(C5CCCCC5)c5ccc(C(=O)NS(=O)(=O)N(C)C)cc5n34)CC21. The summed E-state index contributed by atoms with van der Waals surface area (Å²) >= 11 is 0. The van der Waals surface area contributed by atoms with E-state index in [1.165, 1.54) is 26.1 Å². The zero-order valence-electron chi connectivity index (χ0n) is 29.2. The second kappa shape index (κ2) is 12.0. The quantitative estimate of drug-likeness (QED) is 0.393. The van der Waals surface area contributed by atoms with Gasteiger partial charge in [-0.2, -0.15) is 12.7 Å². The summed E-state index contributed by atoms with van der Waals surface area (Å²) in [7, 11) is 2.04. The number of piperidine rings is 1. The maximum absolute atomic E-state index is 15.3. The van der Waals surface area contributed by atoms with Gasteiger partial charge in [-0.25, -0.2) is 9.52 Å². The Morgan fingerprint density at radius 1 is 0.980 bits per heavy atom. The molecule has 8 rings (SSSR count). The maximum Gasteiger partial charge on any atom is 0.317 e. The number of urea groups is 1. The van der Waals surface area contributed by atoms with Gasteiger partial charge in [-0.1, -0.05) is 25.3 Å². The van der Waals surface area contributed by atoms with Gasteiger partial charge in [-0.3, -0.25) is 9.59 Å². The normalized spacial score (nSPS) is 25.8. The zero-order chi connectivity index (χ0) is 35.1. The summed E-state index contributed by atoms with van der Waals surface area (Å²) in [6.07, 6.45) is 7.99. The number of carbonyl (C=O) groups is 3. The van der Waals surface area contributed by atoms with Gasteiger partial charge in [-0.15, -0.1) is 0 Å². The maximum atomic E-state index is 15.3. The molecule has 2 saturated carbocycles. The summed E-state index contributed by atoms with van der Waals surface area (Å²) in [5, 5.41) is 3.79. The highest BCUT2D eigenvalue weighted by molar-refractivity contribution is 7.87. The van der Waals surface area contributed by atoms with Crippen LogP contribution in [0.25, 0.3) is 22.2 Å². The Hall–Kier alpha value is -4.10. The van der Waals surface area contributed by atoms with Crippen LogP contribution in [0.1, 0.15) is 84.7 Å². The van der Waals surface area contributed by atoms with Crippen LogP contribution in [0.2, 0.25) is 0 Å². The first kappa shape index (κ1) is 33.1. The van der Waals surface area contributed by atoms with Crippen LogP contribution >= 0.6 is 0 Å². The minimum absolute atomic E-state index is 0.0372. The van der Waals surface area contributed by atoms with Crippen molar-refractivity contribution < 1.29 is 27.5 Å². The lowest BCUT2D eigenvalue weighted by atomic mass is 9.80. The first-order valence-corrected chi connectivity index (χ1v) is 19.3. The molecule has 3 aromatic rings. The molecule has 0 bridgehead atoms. The third-order valence-corrected chi connectivity index (χ3v) is 13.5. The summed E-state index contributed by atoms with van der Waals surface area (Å²) in [5.41, 5.74) is 4.48. The van der Waals surface area contributed by atoms with E-state index in [1.54, 1.807) is 26.3 Å². The third-order valence-electron chi connectivity index (χ3n) is 12.1. The number of nitrogens with one attached hydrogen (secondary N) is 2. The van der Waals surface area contributed by atoms with Crippen LogP contribution in [0.4, 0.5) is 4.79 Å². The lowest BCUT2D eigenvalue weighted by Crippen LogP contribution is -2.52. The van der Waals surface area contributed by atoms with E-state index in [9.17, 15) is 18.0 Å². The number of methoxy groups -OCH3 is 1. The molecule has 0 radical (unpaired) electrons. The van der Waals surface area contributed by atoms with Gasteiger partial charge in [0.15, 0.2) is 0 Å². The van der Waals surface area contributed by atoms with E-state index in [1.807, 2.05) is 21.9 Å². The number of hydrogen-bond acceptors (Lipinski definition) is 6. The Morgan fingerprint density at radius 3 is 2.48 bits per heavy atom. The molecule has 50 heavy (non-hydrogen) atoms. The number of carbonyl (C=O) groups excluding carboxylic acids is 3. The first-order chi connectivity index (χ1) is 24.0. The standard InChI is InChI=1S/C37H46N6O6S/c1-38-36(46)42-16-8-11-24-20-41(21-31(24)42)35(45)37-19-29(37)28-18-25(49-4)13-15-26(28)33-32(22-9-6-5-7-10-22)27-14-12-23(17-30(27)43(33)37)34(44)39-50(47,48)40(2)3/h12-15,17-18,22,24,29,31H,5-11,16,19-21H2,1-4H3,(H,38,46)(H,39,44). The highest BCUT2D eigenvalue weighted by Crippen LogP contribution is 2.67. The van der Waals surface area contributed by atoms with Crippen molar-refractivity contribution in [2.24, 2.45) is 5.92 Å². The second-order valence-electron chi connectivity index (χ2n) is 14.9. The van der Waals surface area contributed by atoms with Crippen molar-refractivity contribution in [1.82, 2.24) is 28.7 Å². The van der Waals surface area contributed by atoms with E-state index in [4.69, 9.17) is 4.74 Å². The number of ether oxygens (including phenoxy) is 1. The van der Waals surface area contributed by atoms with Crippen LogP contribution in [0.15, 0.2) is 36.4 Å². The molecule has 1 aromatic heterocycles. The second-order valence-corrected chi connectivity index (χ2v) is 16.8. The molecular weight excluding hydrogens is 657 g/mol. The molecule has 3 aliphatic heterocycles. The summed E-state index contributed by atoms with van der Waals surface area (Å²) in [5.74, 6) is 0.455. The van der Waals surface area contributed by atoms with Crippen LogP contribution in [-0.2, 0) is 20.5 Å². The van der Waals surface area contributed by atoms with Gasteiger partial charge in [0.1, 0.15) is 11.3 Å². The molecule has 4 atom stereocenters. The van der Waals surface area contributed by atoms with Gasteiger partial charge in [0.05, 0.1) is 24.4 Å². The minimum atomic E-state index is -4.02. The largest absolute Gasteiger partial charge is 0.497 e. The van der Waals surface area contributed by atoms with Crippen molar-refractivity contribution in [2.75, 3.05) is 47.9 Å². The average molecular weight is 703 g/mol. The third kappa shape index (κ3) is 4.94. The van der Waals surface area contributed by atoms with E-state index < -0.39 is 21.7 Å². The molecule has 13 heteroatoms. The predicted octanol–water partition coefficient (Wildman–Crippen LogP) is 4.36. The van der Waals surface area contributed by atoms with E-state index in [2.05, 4.69) is 26.7 Å². The highest BCUT2D eigenvalue weighted by Gasteiger charge is 2.68. The van der Waals surface area contributed by atoms with Gasteiger partial charge in [0.25, 0.3) is 5.91 Å². The van der Waals surface area contributed by atoms with Crippen LogP contribution < -0.4 is 14.8 Å². The summed E-state index contributed by atoms with van der Waals surface area (Å²) in [4.78, 5) is 45.5. The molecule has 2 aliphatic carbocycles. The van der Waals surface area contributed by atoms with Crippen molar-refractivity contribution in [3.05, 3.63) is 53.1 Å². The Kier molecular flexibility index (Phi) is 7.94. The average Bonchev–Trinajstić information content (AvgIpc) is 3.57. The number of benzene rings is 2. The number of rotatable bonds is 6. The molecule has 4 unspecified atom stereocenters. The summed E-state index contributed by atoms with van der Waals surface area (Å²) in [6, 6.07) is 11.5. The molecule has 2 saturated heterocycles. The van der Waals surface area contributed by atoms with E-state index in [0.29, 0.717) is 26.1 Å². The van der Waals surface area contributed by atoms with Crippen LogP contribution in [-0.4, -0.2) is 98.9 Å². The van der Waals surface area contributed by atoms with E-state index in [0.717, 1.165) is 76.3 Å². The fraction of sp³-hybridized carbons (Fsp3) is 0.541. The lowest BCUT2D eigenvalue weighted by molar-refractivity contribution is -0.135.